The number of piperidine rings is 1. The summed E-state index contributed by atoms with van der Waals surface area (Å²) in [6, 6.07) is 7.47. The van der Waals surface area contributed by atoms with E-state index in [1.54, 1.807) is 12.1 Å². The third-order valence-electron chi connectivity index (χ3n) is 3.66. The molecule has 0 bridgehead atoms. The fourth-order valence-electron chi connectivity index (χ4n) is 2.47. The highest BCUT2D eigenvalue weighted by atomic mass is 16.5. The monoisotopic (exact) mass is 262 g/mol. The topological polar surface area (TPSA) is 55.6 Å². The van der Waals surface area contributed by atoms with Crippen LogP contribution in [0.15, 0.2) is 24.3 Å². The molecule has 1 fully saturated rings. The number of hydrogen-bond donors (Lipinski definition) is 1. The van der Waals surface area contributed by atoms with Crippen LogP contribution in [0, 0.1) is 5.92 Å². The fraction of sp³-hybridized carbons (Fsp3) is 0.533. The van der Waals surface area contributed by atoms with E-state index in [2.05, 4.69) is 13.8 Å². The van der Waals surface area contributed by atoms with E-state index in [4.69, 9.17) is 10.5 Å². The van der Waals surface area contributed by atoms with Crippen molar-refractivity contribution in [2.75, 3.05) is 18.9 Å². The van der Waals surface area contributed by atoms with Gasteiger partial charge in [-0.25, -0.2) is 0 Å². The van der Waals surface area contributed by atoms with Gasteiger partial charge in [0, 0.05) is 24.3 Å². The number of nitrogens with two attached hydrogens (primary N) is 1. The van der Waals surface area contributed by atoms with Crippen molar-refractivity contribution in [3.05, 3.63) is 24.3 Å². The number of benzene rings is 1. The first kappa shape index (κ1) is 13.7. The minimum Gasteiger partial charge on any atom is -0.484 e. The number of carbonyl (C=O) groups excluding carboxylic acids is 1. The van der Waals surface area contributed by atoms with Crippen LogP contribution in [0.1, 0.15) is 26.7 Å². The van der Waals surface area contributed by atoms with Crippen LogP contribution in [0.3, 0.4) is 0 Å². The first-order valence-corrected chi connectivity index (χ1v) is 6.84. The summed E-state index contributed by atoms with van der Waals surface area (Å²) in [6.45, 7) is 5.20. The van der Waals surface area contributed by atoms with E-state index in [-0.39, 0.29) is 12.5 Å². The minimum atomic E-state index is 0.0569. The number of ether oxygens (including phenoxy) is 1. The van der Waals surface area contributed by atoms with E-state index in [1.165, 1.54) is 6.42 Å². The molecule has 2 rings (SSSR count). The van der Waals surface area contributed by atoms with Crippen molar-refractivity contribution in [2.45, 2.75) is 32.7 Å². The van der Waals surface area contributed by atoms with Crippen molar-refractivity contribution >= 4 is 11.6 Å². The van der Waals surface area contributed by atoms with Crippen LogP contribution in [0.4, 0.5) is 5.69 Å². The van der Waals surface area contributed by atoms with E-state index >= 15 is 0 Å². The van der Waals surface area contributed by atoms with Gasteiger partial charge in [0.15, 0.2) is 6.61 Å². The summed E-state index contributed by atoms with van der Waals surface area (Å²) in [5.74, 6) is 1.28. The molecule has 104 valence electrons. The Morgan fingerprint density at radius 3 is 2.95 bits per heavy atom. The first-order valence-electron chi connectivity index (χ1n) is 6.84. The molecular formula is C15H22N2O2. The predicted octanol–water partition coefficient (Wildman–Crippen LogP) is 2.29. The van der Waals surface area contributed by atoms with Gasteiger partial charge >= 0.3 is 0 Å². The van der Waals surface area contributed by atoms with E-state index < -0.39 is 0 Å². The molecule has 4 heteroatoms. The molecule has 0 spiro atoms. The number of amides is 1. The Bertz CT molecular complexity index is 448. The fourth-order valence-corrected chi connectivity index (χ4v) is 2.47. The van der Waals surface area contributed by atoms with E-state index in [1.807, 2.05) is 17.0 Å². The molecule has 19 heavy (non-hydrogen) atoms. The third kappa shape index (κ3) is 3.63. The van der Waals surface area contributed by atoms with Crippen molar-refractivity contribution in [3.63, 3.8) is 0 Å². The second-order valence-electron chi connectivity index (χ2n) is 5.44. The van der Waals surface area contributed by atoms with Gasteiger partial charge in [-0.15, -0.1) is 0 Å². The number of hydrogen-bond acceptors (Lipinski definition) is 3. The maximum atomic E-state index is 12.2. The highest BCUT2D eigenvalue weighted by Gasteiger charge is 2.26. The number of carbonyl (C=O) groups is 1. The molecule has 1 aromatic carbocycles. The highest BCUT2D eigenvalue weighted by Crippen LogP contribution is 2.21. The van der Waals surface area contributed by atoms with E-state index in [9.17, 15) is 4.79 Å². The lowest BCUT2D eigenvalue weighted by Crippen LogP contribution is -2.46. The Kier molecular flexibility index (Phi) is 4.30. The lowest BCUT2D eigenvalue weighted by molar-refractivity contribution is -0.137. The Morgan fingerprint density at radius 1 is 1.42 bits per heavy atom. The zero-order valence-corrected chi connectivity index (χ0v) is 11.6. The van der Waals surface area contributed by atoms with Gasteiger partial charge in [0.2, 0.25) is 0 Å². The number of likely N-dealkylation sites (tertiary alicyclic amines) is 1. The Hall–Kier alpha value is -1.71. The van der Waals surface area contributed by atoms with Gasteiger partial charge in [-0.1, -0.05) is 13.0 Å². The molecule has 4 nitrogen and oxygen atoms in total. The van der Waals surface area contributed by atoms with Gasteiger partial charge in [-0.3, -0.25) is 4.79 Å². The predicted molar refractivity (Wildman–Crippen MR) is 75.9 cm³/mol. The molecule has 1 amide bonds. The van der Waals surface area contributed by atoms with Crippen LogP contribution in [-0.4, -0.2) is 30.0 Å². The lowest BCUT2D eigenvalue weighted by Gasteiger charge is -2.36. The maximum absolute atomic E-state index is 12.2. The Balaban J connectivity index is 1.90. The van der Waals surface area contributed by atoms with Crippen LogP contribution >= 0.6 is 0 Å². The van der Waals surface area contributed by atoms with Crippen molar-refractivity contribution in [2.24, 2.45) is 5.92 Å². The van der Waals surface area contributed by atoms with Crippen LogP contribution in [-0.2, 0) is 4.79 Å². The van der Waals surface area contributed by atoms with Gasteiger partial charge in [-0.05, 0) is 37.8 Å². The maximum Gasteiger partial charge on any atom is 0.260 e. The van der Waals surface area contributed by atoms with Gasteiger partial charge in [0.05, 0.1) is 0 Å². The summed E-state index contributed by atoms with van der Waals surface area (Å²) in [5.41, 5.74) is 6.32. The van der Waals surface area contributed by atoms with Gasteiger partial charge in [-0.2, -0.15) is 0 Å². The lowest BCUT2D eigenvalue weighted by atomic mass is 9.95. The molecule has 1 saturated heterocycles. The summed E-state index contributed by atoms with van der Waals surface area (Å²) >= 11 is 0. The van der Waals surface area contributed by atoms with Crippen molar-refractivity contribution in [1.82, 2.24) is 4.90 Å². The molecule has 2 N–H and O–H groups in total. The molecule has 0 radical (unpaired) electrons. The molecule has 0 aromatic heterocycles. The molecule has 0 saturated carbocycles. The van der Waals surface area contributed by atoms with Crippen LogP contribution in [0.2, 0.25) is 0 Å². The van der Waals surface area contributed by atoms with Crippen LogP contribution < -0.4 is 10.5 Å². The van der Waals surface area contributed by atoms with Gasteiger partial charge < -0.3 is 15.4 Å². The first-order chi connectivity index (χ1) is 9.06. The summed E-state index contributed by atoms with van der Waals surface area (Å²) in [4.78, 5) is 14.1. The van der Waals surface area contributed by atoms with Gasteiger partial charge in [0.25, 0.3) is 5.91 Å². The SMILES string of the molecule is CC1CCC(C)N(C(=O)COc2cccc(N)c2)C1. The second kappa shape index (κ2) is 5.95. The molecule has 2 atom stereocenters. The zero-order valence-electron chi connectivity index (χ0n) is 11.6. The van der Waals surface area contributed by atoms with Crippen molar-refractivity contribution in [3.8, 4) is 5.75 Å². The average Bonchev–Trinajstić information content (AvgIpc) is 2.39. The number of anilines is 1. The third-order valence-corrected chi connectivity index (χ3v) is 3.66. The molecule has 2 unspecified atom stereocenters. The standard InChI is InChI=1S/C15H22N2O2/c1-11-6-7-12(2)17(9-11)15(18)10-19-14-5-3-4-13(16)8-14/h3-5,8,11-12H,6-7,9-10,16H2,1-2H3. The summed E-state index contributed by atoms with van der Waals surface area (Å²) in [5, 5.41) is 0. The van der Waals surface area contributed by atoms with E-state index in [0.29, 0.717) is 23.4 Å². The minimum absolute atomic E-state index is 0.0569. The smallest absolute Gasteiger partial charge is 0.260 e. The van der Waals surface area contributed by atoms with Gasteiger partial charge in [0.1, 0.15) is 5.75 Å². The van der Waals surface area contributed by atoms with E-state index in [0.717, 1.165) is 13.0 Å². The number of nitrogens with zero attached hydrogens (tertiary/aromatic N) is 1. The molecule has 0 aliphatic carbocycles. The Labute approximate surface area is 114 Å². The number of nitrogen functional groups attached to an aromatic ring is 1. The van der Waals surface area contributed by atoms with Crippen LogP contribution in [0.5, 0.6) is 5.75 Å². The molecule has 1 heterocycles. The normalized spacial score (nSPS) is 23.2. The largest absolute Gasteiger partial charge is 0.484 e. The summed E-state index contributed by atoms with van der Waals surface area (Å²) in [6.07, 6.45) is 2.27. The quantitative estimate of drug-likeness (QED) is 0.850. The summed E-state index contributed by atoms with van der Waals surface area (Å²) in [7, 11) is 0. The van der Waals surface area contributed by atoms with Crippen molar-refractivity contribution in [1.29, 1.82) is 0 Å². The summed E-state index contributed by atoms with van der Waals surface area (Å²) < 4.78 is 5.51. The highest BCUT2D eigenvalue weighted by molar-refractivity contribution is 5.78. The molecule has 1 aliphatic heterocycles. The molecule has 1 aromatic rings. The average molecular weight is 262 g/mol. The van der Waals surface area contributed by atoms with Crippen LogP contribution in [0.25, 0.3) is 0 Å². The number of rotatable bonds is 3. The second-order valence-corrected chi connectivity index (χ2v) is 5.44. The van der Waals surface area contributed by atoms with Crippen molar-refractivity contribution < 1.29 is 9.53 Å². The zero-order chi connectivity index (χ0) is 13.8. The Morgan fingerprint density at radius 2 is 2.21 bits per heavy atom. The molecule has 1 aliphatic rings. The molecular weight excluding hydrogens is 240 g/mol.